The molecule has 1 atom stereocenters. The van der Waals surface area contributed by atoms with Gasteiger partial charge in [-0.15, -0.1) is 0 Å². The van der Waals surface area contributed by atoms with E-state index in [9.17, 15) is 14.7 Å². The highest BCUT2D eigenvalue weighted by Gasteiger charge is 2.20. The van der Waals surface area contributed by atoms with Crippen molar-refractivity contribution in [1.82, 2.24) is 15.1 Å². The zero-order valence-corrected chi connectivity index (χ0v) is 16.2. The van der Waals surface area contributed by atoms with Crippen molar-refractivity contribution < 1.29 is 19.4 Å². The van der Waals surface area contributed by atoms with E-state index in [1.807, 2.05) is 12.1 Å². The predicted octanol–water partition coefficient (Wildman–Crippen LogP) is 2.45. The third-order valence-corrected chi connectivity index (χ3v) is 4.40. The molecule has 0 aliphatic carbocycles. The Morgan fingerprint density at radius 2 is 1.79 bits per heavy atom. The number of aromatic hydroxyl groups is 1. The number of aromatic nitrogens is 2. The molecule has 0 saturated carbocycles. The van der Waals surface area contributed by atoms with E-state index in [4.69, 9.17) is 9.47 Å². The standard InChI is InChI=1S/C21H21N3O5/c1-13(14-8-10-15(28-2)11-9-14)22-21(27)20-17(25)12-19(26)24(23-20)16-6-4-5-7-18(16)29-3/h4-13,25H,1-3H3,(H,22,27). The first kappa shape index (κ1) is 19.9. The van der Waals surface area contributed by atoms with Crippen LogP contribution in [0.3, 0.4) is 0 Å². The van der Waals surface area contributed by atoms with Crippen LogP contribution in [0.25, 0.3) is 5.69 Å². The van der Waals surface area contributed by atoms with Gasteiger partial charge < -0.3 is 19.9 Å². The number of hydrogen-bond acceptors (Lipinski definition) is 6. The van der Waals surface area contributed by atoms with Crippen molar-refractivity contribution in [2.24, 2.45) is 0 Å². The maximum absolute atomic E-state index is 12.7. The van der Waals surface area contributed by atoms with E-state index in [1.54, 1.807) is 50.4 Å². The van der Waals surface area contributed by atoms with E-state index >= 15 is 0 Å². The smallest absolute Gasteiger partial charge is 0.276 e. The fourth-order valence-corrected chi connectivity index (χ4v) is 2.83. The molecule has 29 heavy (non-hydrogen) atoms. The average molecular weight is 395 g/mol. The lowest BCUT2D eigenvalue weighted by Crippen LogP contribution is -2.31. The largest absolute Gasteiger partial charge is 0.505 e. The van der Waals surface area contributed by atoms with Crippen molar-refractivity contribution in [2.75, 3.05) is 14.2 Å². The topological polar surface area (TPSA) is 103 Å². The van der Waals surface area contributed by atoms with Gasteiger partial charge in [0, 0.05) is 6.07 Å². The van der Waals surface area contributed by atoms with E-state index in [0.29, 0.717) is 17.2 Å². The Balaban J connectivity index is 1.91. The summed E-state index contributed by atoms with van der Waals surface area (Å²) in [5.74, 6) is -0.00346. The molecule has 3 rings (SSSR count). The summed E-state index contributed by atoms with van der Waals surface area (Å²) in [5, 5.41) is 17.0. The van der Waals surface area contributed by atoms with Gasteiger partial charge in [0.25, 0.3) is 11.5 Å². The summed E-state index contributed by atoms with van der Waals surface area (Å²) in [7, 11) is 3.04. The molecule has 1 amide bonds. The van der Waals surface area contributed by atoms with E-state index in [0.717, 1.165) is 16.3 Å². The zero-order chi connectivity index (χ0) is 21.0. The molecule has 0 aliphatic rings. The van der Waals surface area contributed by atoms with Gasteiger partial charge in [0.05, 0.1) is 20.3 Å². The number of nitrogens with zero attached hydrogens (tertiary/aromatic N) is 2. The first-order valence-electron chi connectivity index (χ1n) is 8.86. The van der Waals surface area contributed by atoms with Crippen LogP contribution in [0.15, 0.2) is 59.4 Å². The van der Waals surface area contributed by atoms with Crippen LogP contribution in [0, 0.1) is 0 Å². The summed E-state index contributed by atoms with van der Waals surface area (Å²) in [6.07, 6.45) is 0. The molecular formula is C21H21N3O5. The van der Waals surface area contributed by atoms with Gasteiger partial charge in [-0.1, -0.05) is 24.3 Å². The predicted molar refractivity (Wildman–Crippen MR) is 107 cm³/mol. The summed E-state index contributed by atoms with van der Waals surface area (Å²) in [4.78, 5) is 25.0. The van der Waals surface area contributed by atoms with E-state index in [1.165, 1.54) is 7.11 Å². The Labute approximate surface area is 167 Å². The highest BCUT2D eigenvalue weighted by molar-refractivity contribution is 5.94. The fourth-order valence-electron chi connectivity index (χ4n) is 2.83. The maximum Gasteiger partial charge on any atom is 0.276 e. The van der Waals surface area contributed by atoms with Crippen molar-refractivity contribution in [3.63, 3.8) is 0 Å². The lowest BCUT2D eigenvalue weighted by Gasteiger charge is -2.16. The molecule has 2 aromatic carbocycles. The number of para-hydroxylation sites is 2. The molecule has 3 aromatic rings. The second-order valence-corrected chi connectivity index (χ2v) is 6.27. The van der Waals surface area contributed by atoms with Gasteiger partial charge in [-0.3, -0.25) is 9.59 Å². The molecule has 0 saturated heterocycles. The maximum atomic E-state index is 12.7. The number of hydrogen-bond donors (Lipinski definition) is 2. The van der Waals surface area contributed by atoms with Crippen molar-refractivity contribution in [3.05, 3.63) is 76.2 Å². The Hall–Kier alpha value is -3.81. The van der Waals surface area contributed by atoms with Gasteiger partial charge in [-0.25, -0.2) is 0 Å². The summed E-state index contributed by atoms with van der Waals surface area (Å²) < 4.78 is 11.4. The number of carbonyl (C=O) groups excluding carboxylic acids is 1. The lowest BCUT2D eigenvalue weighted by atomic mass is 10.1. The minimum atomic E-state index is -0.616. The van der Waals surface area contributed by atoms with Gasteiger partial charge in [-0.05, 0) is 36.8 Å². The summed E-state index contributed by atoms with van der Waals surface area (Å²) in [6, 6.07) is 14.6. The van der Waals surface area contributed by atoms with Crippen LogP contribution in [0.4, 0.5) is 0 Å². The van der Waals surface area contributed by atoms with Crippen LogP contribution >= 0.6 is 0 Å². The summed E-state index contributed by atoms with van der Waals surface area (Å²) >= 11 is 0. The molecule has 0 bridgehead atoms. The van der Waals surface area contributed by atoms with Gasteiger partial charge in [-0.2, -0.15) is 9.78 Å². The van der Waals surface area contributed by atoms with Crippen LogP contribution in [0.5, 0.6) is 17.2 Å². The normalized spacial score (nSPS) is 11.6. The highest BCUT2D eigenvalue weighted by atomic mass is 16.5. The molecule has 1 heterocycles. The second-order valence-electron chi connectivity index (χ2n) is 6.27. The minimum Gasteiger partial charge on any atom is -0.505 e. The van der Waals surface area contributed by atoms with Crippen molar-refractivity contribution >= 4 is 5.91 Å². The third-order valence-electron chi connectivity index (χ3n) is 4.40. The Kier molecular flexibility index (Phi) is 5.82. The third kappa shape index (κ3) is 4.21. The number of nitrogens with one attached hydrogen (secondary N) is 1. The van der Waals surface area contributed by atoms with Crippen molar-refractivity contribution in [2.45, 2.75) is 13.0 Å². The van der Waals surface area contributed by atoms with Crippen LogP contribution < -0.4 is 20.3 Å². The first-order chi connectivity index (χ1) is 13.9. The number of ether oxygens (including phenoxy) is 2. The highest BCUT2D eigenvalue weighted by Crippen LogP contribution is 2.22. The van der Waals surface area contributed by atoms with Gasteiger partial charge in [0.2, 0.25) is 0 Å². The molecule has 0 aliphatic heterocycles. The van der Waals surface area contributed by atoms with Crippen LogP contribution in [0.1, 0.15) is 29.0 Å². The van der Waals surface area contributed by atoms with Gasteiger partial charge >= 0.3 is 0 Å². The Bertz CT molecular complexity index is 1080. The first-order valence-corrected chi connectivity index (χ1v) is 8.86. The van der Waals surface area contributed by atoms with E-state index in [-0.39, 0.29) is 11.7 Å². The molecule has 150 valence electrons. The molecule has 0 radical (unpaired) electrons. The van der Waals surface area contributed by atoms with Crippen LogP contribution in [-0.4, -0.2) is 35.0 Å². The average Bonchev–Trinajstić information content (AvgIpc) is 2.73. The monoisotopic (exact) mass is 395 g/mol. The quantitative estimate of drug-likeness (QED) is 0.665. The molecular weight excluding hydrogens is 374 g/mol. The number of amides is 1. The molecule has 0 spiro atoms. The molecule has 1 aromatic heterocycles. The number of methoxy groups -OCH3 is 2. The van der Waals surface area contributed by atoms with Crippen LogP contribution in [-0.2, 0) is 0 Å². The van der Waals surface area contributed by atoms with Crippen LogP contribution in [0.2, 0.25) is 0 Å². The molecule has 1 unspecified atom stereocenters. The fraction of sp³-hybridized carbons (Fsp3) is 0.190. The summed E-state index contributed by atoms with van der Waals surface area (Å²) in [6.45, 7) is 1.80. The zero-order valence-electron chi connectivity index (χ0n) is 16.2. The molecule has 8 heteroatoms. The Morgan fingerprint density at radius 1 is 1.10 bits per heavy atom. The Morgan fingerprint density at radius 3 is 2.45 bits per heavy atom. The number of benzene rings is 2. The van der Waals surface area contributed by atoms with Gasteiger partial charge in [0.1, 0.15) is 17.2 Å². The van der Waals surface area contributed by atoms with E-state index < -0.39 is 17.2 Å². The molecule has 0 fully saturated rings. The van der Waals surface area contributed by atoms with Crippen molar-refractivity contribution in [3.8, 4) is 22.9 Å². The number of carbonyl (C=O) groups is 1. The van der Waals surface area contributed by atoms with E-state index in [2.05, 4.69) is 10.4 Å². The van der Waals surface area contributed by atoms with Crippen molar-refractivity contribution in [1.29, 1.82) is 0 Å². The van der Waals surface area contributed by atoms with Gasteiger partial charge in [0.15, 0.2) is 11.4 Å². The lowest BCUT2D eigenvalue weighted by molar-refractivity contribution is 0.0929. The number of rotatable bonds is 6. The molecule has 8 nitrogen and oxygen atoms in total. The minimum absolute atomic E-state index is 0.268. The SMILES string of the molecule is COc1ccc(C(C)NC(=O)c2nn(-c3ccccc3OC)c(=O)cc2O)cc1. The molecule has 2 N–H and O–H groups in total. The second kappa shape index (κ2) is 8.47. The summed E-state index contributed by atoms with van der Waals surface area (Å²) in [5.41, 5.74) is 0.344.